The van der Waals surface area contributed by atoms with E-state index in [2.05, 4.69) is 15.4 Å². The Morgan fingerprint density at radius 3 is 2.59 bits per heavy atom. The first-order chi connectivity index (χ1) is 15.5. The van der Waals surface area contributed by atoms with Crippen LogP contribution in [-0.2, 0) is 15.3 Å². The van der Waals surface area contributed by atoms with Gasteiger partial charge < -0.3 is 15.6 Å². The molecule has 4 rings (SSSR count). The highest BCUT2D eigenvalue weighted by Gasteiger charge is 2.23. The van der Waals surface area contributed by atoms with E-state index in [1.54, 1.807) is 53.2 Å². The van der Waals surface area contributed by atoms with Crippen LogP contribution in [0.2, 0.25) is 0 Å². The molecule has 7 nitrogen and oxygen atoms in total. The lowest BCUT2D eigenvalue weighted by Crippen LogP contribution is -2.13. The van der Waals surface area contributed by atoms with E-state index in [4.69, 9.17) is 10.3 Å². The number of nitrogen functional groups attached to an aromatic ring is 1. The van der Waals surface area contributed by atoms with Crippen molar-refractivity contribution in [1.29, 1.82) is 0 Å². The SMILES string of the molecule is COP(=O)(Cc1ccc(C(=O)Nc2cc(-c3cccs3)ccc2N)cc1)Nc1nccs1. The summed E-state index contributed by atoms with van der Waals surface area (Å²) in [6.07, 6.45) is 1.80. The summed E-state index contributed by atoms with van der Waals surface area (Å²) in [7, 11) is -1.76. The van der Waals surface area contributed by atoms with Gasteiger partial charge in [0.25, 0.3) is 13.4 Å². The summed E-state index contributed by atoms with van der Waals surface area (Å²) in [6.45, 7) is 0. The molecule has 4 N–H and O–H groups in total. The van der Waals surface area contributed by atoms with Gasteiger partial charge in [-0.15, -0.1) is 22.7 Å². The molecule has 0 saturated heterocycles. The second-order valence-electron chi connectivity index (χ2n) is 6.89. The van der Waals surface area contributed by atoms with E-state index in [0.717, 1.165) is 16.0 Å². The molecular formula is C22H21N4O3PS2. The third-order valence-corrected chi connectivity index (χ3v) is 8.39. The van der Waals surface area contributed by atoms with Crippen molar-refractivity contribution in [3.8, 4) is 10.4 Å². The maximum Gasteiger partial charge on any atom is 0.299 e. The van der Waals surface area contributed by atoms with Gasteiger partial charge in [-0.1, -0.05) is 24.3 Å². The first-order valence-electron chi connectivity index (χ1n) is 9.62. The van der Waals surface area contributed by atoms with Crippen molar-refractivity contribution < 1.29 is 13.9 Å². The van der Waals surface area contributed by atoms with E-state index >= 15 is 0 Å². The predicted molar refractivity (Wildman–Crippen MR) is 133 cm³/mol. The summed E-state index contributed by atoms with van der Waals surface area (Å²) in [5.41, 5.74) is 9.34. The van der Waals surface area contributed by atoms with Crippen LogP contribution in [0.15, 0.2) is 71.6 Å². The lowest BCUT2D eigenvalue weighted by atomic mass is 10.1. The molecule has 1 atom stereocenters. The van der Waals surface area contributed by atoms with Crippen LogP contribution >= 0.6 is 30.2 Å². The molecule has 164 valence electrons. The van der Waals surface area contributed by atoms with E-state index in [1.165, 1.54) is 18.4 Å². The first kappa shape index (κ1) is 22.2. The highest BCUT2D eigenvalue weighted by Crippen LogP contribution is 2.49. The summed E-state index contributed by atoms with van der Waals surface area (Å²) in [4.78, 5) is 18.0. The molecule has 0 aliphatic heterocycles. The number of rotatable bonds is 8. The Morgan fingerprint density at radius 2 is 1.94 bits per heavy atom. The molecule has 0 bridgehead atoms. The van der Waals surface area contributed by atoms with Gasteiger partial charge in [0.2, 0.25) is 0 Å². The maximum atomic E-state index is 13.0. The topological polar surface area (TPSA) is 106 Å². The number of nitrogens with one attached hydrogen (secondary N) is 2. The van der Waals surface area contributed by atoms with Crippen molar-refractivity contribution in [2.75, 3.05) is 23.2 Å². The number of carbonyl (C=O) groups is 1. The average Bonchev–Trinajstić information content (AvgIpc) is 3.50. The van der Waals surface area contributed by atoms with Crippen LogP contribution < -0.4 is 16.1 Å². The molecule has 1 unspecified atom stereocenters. The second kappa shape index (κ2) is 9.67. The van der Waals surface area contributed by atoms with Crippen molar-refractivity contribution >= 4 is 52.6 Å². The molecule has 0 aliphatic carbocycles. The van der Waals surface area contributed by atoms with Crippen LogP contribution in [0.3, 0.4) is 0 Å². The molecule has 1 amide bonds. The van der Waals surface area contributed by atoms with Gasteiger partial charge in [-0.05, 0) is 46.8 Å². The van der Waals surface area contributed by atoms with Gasteiger partial charge in [0.05, 0.1) is 17.5 Å². The molecular weight excluding hydrogens is 463 g/mol. The number of anilines is 3. The van der Waals surface area contributed by atoms with Crippen molar-refractivity contribution in [2.45, 2.75) is 6.16 Å². The fourth-order valence-electron chi connectivity index (χ4n) is 3.03. The zero-order valence-electron chi connectivity index (χ0n) is 17.1. The van der Waals surface area contributed by atoms with E-state index in [-0.39, 0.29) is 12.1 Å². The van der Waals surface area contributed by atoms with Gasteiger partial charge in [-0.2, -0.15) is 0 Å². The average molecular weight is 485 g/mol. The second-order valence-corrected chi connectivity index (χ2v) is 11.0. The van der Waals surface area contributed by atoms with Gasteiger partial charge in [0.15, 0.2) is 5.13 Å². The van der Waals surface area contributed by atoms with E-state index < -0.39 is 7.52 Å². The molecule has 4 aromatic rings. The van der Waals surface area contributed by atoms with Crippen LogP contribution in [-0.4, -0.2) is 18.0 Å². The Morgan fingerprint density at radius 1 is 1.12 bits per heavy atom. The highest BCUT2D eigenvalue weighted by atomic mass is 32.1. The van der Waals surface area contributed by atoms with E-state index in [1.807, 2.05) is 29.6 Å². The minimum absolute atomic E-state index is 0.167. The minimum Gasteiger partial charge on any atom is -0.397 e. The Labute approximate surface area is 193 Å². The van der Waals surface area contributed by atoms with Gasteiger partial charge in [-0.3, -0.25) is 14.4 Å². The van der Waals surface area contributed by atoms with Gasteiger partial charge in [-0.25, -0.2) is 4.98 Å². The number of nitrogens with zero attached hydrogens (tertiary/aromatic N) is 1. The molecule has 0 fully saturated rings. The number of thiazole rings is 1. The Bertz CT molecular complexity index is 1240. The van der Waals surface area contributed by atoms with Gasteiger partial charge >= 0.3 is 0 Å². The summed E-state index contributed by atoms with van der Waals surface area (Å²) in [6, 6.07) is 16.5. The first-order valence-corrected chi connectivity index (χ1v) is 13.2. The van der Waals surface area contributed by atoms with Crippen molar-refractivity contribution in [2.24, 2.45) is 0 Å². The standard InChI is InChI=1S/C22H21N4O3PS2/c1-29-30(28,26-22-24-10-12-32-22)14-15-4-6-16(7-5-15)21(27)25-19-13-17(8-9-18(19)23)20-3-2-11-31-20/h2-13H,14,23H2,1H3,(H,25,27)(H,24,26,28). The fourth-order valence-corrected chi connectivity index (χ4v) is 6.10. The third-order valence-electron chi connectivity index (χ3n) is 4.71. The van der Waals surface area contributed by atoms with Crippen LogP contribution in [0.5, 0.6) is 0 Å². The molecule has 0 radical (unpaired) electrons. The van der Waals surface area contributed by atoms with E-state index in [0.29, 0.717) is 22.1 Å². The lowest BCUT2D eigenvalue weighted by Gasteiger charge is -2.17. The zero-order chi connectivity index (χ0) is 22.6. The summed E-state index contributed by atoms with van der Waals surface area (Å²) in [5, 5.41) is 10.1. The van der Waals surface area contributed by atoms with E-state index in [9.17, 15) is 9.36 Å². The van der Waals surface area contributed by atoms with Crippen molar-refractivity contribution in [3.63, 3.8) is 0 Å². The number of thiophene rings is 1. The Balaban J connectivity index is 1.45. The maximum absolute atomic E-state index is 13.0. The summed E-state index contributed by atoms with van der Waals surface area (Å²) >= 11 is 2.97. The fraction of sp³-hybridized carbons (Fsp3) is 0.0909. The van der Waals surface area contributed by atoms with Crippen molar-refractivity contribution in [1.82, 2.24) is 4.98 Å². The number of benzene rings is 2. The normalized spacial score (nSPS) is 12.8. The quantitative estimate of drug-likeness (QED) is 0.204. The number of aromatic nitrogens is 1. The number of hydrogen-bond acceptors (Lipinski definition) is 7. The zero-order valence-corrected chi connectivity index (χ0v) is 19.7. The summed E-state index contributed by atoms with van der Waals surface area (Å²) in [5.74, 6) is -0.276. The molecule has 32 heavy (non-hydrogen) atoms. The van der Waals surface area contributed by atoms with Crippen LogP contribution in [0, 0.1) is 0 Å². The molecule has 2 aromatic heterocycles. The molecule has 2 heterocycles. The molecule has 0 saturated carbocycles. The molecule has 10 heteroatoms. The van der Waals surface area contributed by atoms with Crippen LogP contribution in [0.1, 0.15) is 15.9 Å². The molecule has 2 aromatic carbocycles. The predicted octanol–water partition coefficient (Wildman–Crippen LogP) is 6.16. The molecule has 0 spiro atoms. The third kappa shape index (κ3) is 5.26. The van der Waals surface area contributed by atoms with Gasteiger partial charge in [0.1, 0.15) is 0 Å². The van der Waals surface area contributed by atoms with Gasteiger partial charge in [0, 0.05) is 29.1 Å². The lowest BCUT2D eigenvalue weighted by molar-refractivity contribution is 0.102. The number of carbonyl (C=O) groups excluding carboxylic acids is 1. The Kier molecular flexibility index (Phi) is 6.72. The summed E-state index contributed by atoms with van der Waals surface area (Å²) < 4.78 is 18.2. The monoisotopic (exact) mass is 484 g/mol. The molecule has 0 aliphatic rings. The van der Waals surface area contributed by atoms with Crippen LogP contribution in [0.25, 0.3) is 10.4 Å². The number of amides is 1. The van der Waals surface area contributed by atoms with Crippen LogP contribution in [0.4, 0.5) is 16.5 Å². The Hall–Kier alpha value is -2.97. The highest BCUT2D eigenvalue weighted by molar-refractivity contribution is 7.60. The number of nitrogens with two attached hydrogens (primary N) is 1. The smallest absolute Gasteiger partial charge is 0.299 e. The van der Waals surface area contributed by atoms with Crippen molar-refractivity contribution in [3.05, 3.63) is 82.7 Å². The minimum atomic E-state index is -3.16. The number of hydrogen-bond donors (Lipinski definition) is 3. The largest absolute Gasteiger partial charge is 0.397 e.